The summed E-state index contributed by atoms with van der Waals surface area (Å²) in [5.74, 6) is 0.00215. The summed E-state index contributed by atoms with van der Waals surface area (Å²) in [5.41, 5.74) is 0.602. The van der Waals surface area contributed by atoms with E-state index in [1.165, 1.54) is 24.3 Å². The van der Waals surface area contributed by atoms with E-state index in [4.69, 9.17) is 0 Å². The molecular formula is C12H15N3O4. The van der Waals surface area contributed by atoms with Gasteiger partial charge in [-0.25, -0.2) is 0 Å². The van der Waals surface area contributed by atoms with Gasteiger partial charge in [-0.1, -0.05) is 0 Å². The number of rotatable bonds is 5. The molecule has 0 radical (unpaired) electrons. The minimum Gasteiger partial charge on any atom is -0.387 e. The molecule has 102 valence electrons. The van der Waals surface area contributed by atoms with Crippen molar-refractivity contribution in [1.82, 2.24) is 10.6 Å². The second-order valence-corrected chi connectivity index (χ2v) is 4.48. The largest absolute Gasteiger partial charge is 0.387 e. The van der Waals surface area contributed by atoms with Crippen molar-refractivity contribution in [1.29, 1.82) is 0 Å². The van der Waals surface area contributed by atoms with Crippen molar-refractivity contribution in [2.24, 2.45) is 0 Å². The molecule has 1 saturated heterocycles. The number of nitro benzene ring substituents is 1. The van der Waals surface area contributed by atoms with Crippen molar-refractivity contribution in [2.75, 3.05) is 13.1 Å². The number of aliphatic hydroxyl groups is 1. The van der Waals surface area contributed by atoms with Crippen LogP contribution in [-0.2, 0) is 4.79 Å². The third kappa shape index (κ3) is 3.49. The molecule has 2 atom stereocenters. The van der Waals surface area contributed by atoms with Crippen LogP contribution in [-0.4, -0.2) is 35.1 Å². The van der Waals surface area contributed by atoms with Crippen molar-refractivity contribution >= 4 is 11.6 Å². The normalized spacial score (nSPS) is 20.1. The average Bonchev–Trinajstić information content (AvgIpc) is 2.82. The molecule has 1 aliphatic rings. The summed E-state index contributed by atoms with van der Waals surface area (Å²) >= 11 is 0. The van der Waals surface area contributed by atoms with Crippen LogP contribution in [0.1, 0.15) is 18.1 Å². The number of benzene rings is 1. The number of aliphatic hydroxyl groups excluding tert-OH is 1. The number of carbonyl (C=O) groups is 1. The topological polar surface area (TPSA) is 104 Å². The summed E-state index contributed by atoms with van der Waals surface area (Å²) in [5, 5.41) is 26.2. The maximum absolute atomic E-state index is 11.0. The van der Waals surface area contributed by atoms with Gasteiger partial charge in [-0.2, -0.15) is 0 Å². The van der Waals surface area contributed by atoms with Gasteiger partial charge in [0.15, 0.2) is 0 Å². The van der Waals surface area contributed by atoms with E-state index in [1.807, 2.05) is 0 Å². The lowest BCUT2D eigenvalue weighted by Gasteiger charge is -2.15. The number of non-ortho nitro benzene ring substituents is 1. The molecule has 1 aliphatic heterocycles. The summed E-state index contributed by atoms with van der Waals surface area (Å²) in [7, 11) is 0. The van der Waals surface area contributed by atoms with Gasteiger partial charge in [0.2, 0.25) is 5.91 Å². The number of amides is 1. The van der Waals surface area contributed by atoms with E-state index in [9.17, 15) is 20.0 Å². The van der Waals surface area contributed by atoms with E-state index in [0.29, 0.717) is 25.1 Å². The lowest BCUT2D eigenvalue weighted by atomic mass is 10.1. The molecule has 3 N–H and O–H groups in total. The Bertz CT molecular complexity index is 474. The van der Waals surface area contributed by atoms with Crippen LogP contribution in [0.25, 0.3) is 0 Å². The fourth-order valence-electron chi connectivity index (χ4n) is 1.96. The molecule has 1 fully saturated rings. The Labute approximate surface area is 109 Å². The third-order valence-electron chi connectivity index (χ3n) is 3.07. The molecule has 1 amide bonds. The predicted octanol–water partition coefficient (Wildman–Crippen LogP) is 0.106. The minimum atomic E-state index is -0.753. The zero-order chi connectivity index (χ0) is 13.8. The molecular weight excluding hydrogens is 250 g/mol. The van der Waals surface area contributed by atoms with Crippen molar-refractivity contribution < 1.29 is 14.8 Å². The van der Waals surface area contributed by atoms with Crippen molar-refractivity contribution in [3.63, 3.8) is 0 Å². The van der Waals surface area contributed by atoms with Crippen LogP contribution in [0.15, 0.2) is 24.3 Å². The number of carbonyl (C=O) groups excluding carboxylic acids is 1. The molecule has 7 nitrogen and oxygen atoms in total. The molecule has 0 bridgehead atoms. The molecule has 2 unspecified atom stereocenters. The van der Waals surface area contributed by atoms with E-state index in [-0.39, 0.29) is 17.6 Å². The van der Waals surface area contributed by atoms with E-state index in [2.05, 4.69) is 10.6 Å². The molecule has 7 heteroatoms. The summed E-state index contributed by atoms with van der Waals surface area (Å²) in [6.45, 7) is 0.864. The smallest absolute Gasteiger partial charge is 0.269 e. The number of nitrogens with one attached hydrogen (secondary N) is 2. The highest BCUT2D eigenvalue weighted by Gasteiger charge is 2.21. The molecule has 2 rings (SSSR count). The Morgan fingerprint density at radius 3 is 2.68 bits per heavy atom. The molecule has 19 heavy (non-hydrogen) atoms. The van der Waals surface area contributed by atoms with Gasteiger partial charge in [0.05, 0.1) is 11.0 Å². The van der Waals surface area contributed by atoms with E-state index in [0.717, 1.165) is 0 Å². The maximum Gasteiger partial charge on any atom is 0.269 e. The first-order chi connectivity index (χ1) is 9.06. The zero-order valence-corrected chi connectivity index (χ0v) is 10.2. The Balaban J connectivity index is 1.87. The second-order valence-electron chi connectivity index (χ2n) is 4.48. The van der Waals surface area contributed by atoms with Crippen molar-refractivity contribution in [2.45, 2.75) is 18.6 Å². The predicted molar refractivity (Wildman–Crippen MR) is 67.5 cm³/mol. The van der Waals surface area contributed by atoms with Crippen LogP contribution in [0.2, 0.25) is 0 Å². The van der Waals surface area contributed by atoms with Gasteiger partial charge in [-0.05, 0) is 17.7 Å². The lowest BCUT2D eigenvalue weighted by molar-refractivity contribution is -0.384. The lowest BCUT2D eigenvalue weighted by Crippen LogP contribution is -2.34. The molecule has 1 heterocycles. The highest BCUT2D eigenvalue weighted by atomic mass is 16.6. The van der Waals surface area contributed by atoms with Crippen LogP contribution >= 0.6 is 0 Å². The third-order valence-corrected chi connectivity index (χ3v) is 3.07. The standard InChI is InChI=1S/C12H15N3O4/c16-11(7-13-9-5-12(17)14-6-9)8-1-3-10(4-2-8)15(18)19/h1-4,9,11,13,16H,5-7H2,(H,14,17). The van der Waals surface area contributed by atoms with Crippen LogP contribution in [0.3, 0.4) is 0 Å². The van der Waals surface area contributed by atoms with Gasteiger partial charge in [-0.3, -0.25) is 14.9 Å². The highest BCUT2D eigenvalue weighted by molar-refractivity contribution is 5.78. The minimum absolute atomic E-state index is 0.00215. The Morgan fingerprint density at radius 2 is 2.16 bits per heavy atom. The van der Waals surface area contributed by atoms with Crippen molar-refractivity contribution in [3.8, 4) is 0 Å². The molecule has 0 spiro atoms. The Kier molecular flexibility index (Phi) is 4.08. The number of hydrogen-bond acceptors (Lipinski definition) is 5. The van der Waals surface area contributed by atoms with Crippen molar-refractivity contribution in [3.05, 3.63) is 39.9 Å². The first-order valence-corrected chi connectivity index (χ1v) is 5.99. The van der Waals surface area contributed by atoms with Gasteiger partial charge < -0.3 is 15.7 Å². The van der Waals surface area contributed by atoms with E-state index < -0.39 is 11.0 Å². The summed E-state index contributed by atoms with van der Waals surface area (Å²) < 4.78 is 0. The SMILES string of the molecule is O=C1CC(NCC(O)c2ccc([N+](=O)[O-])cc2)CN1. The van der Waals surface area contributed by atoms with E-state index >= 15 is 0 Å². The van der Waals surface area contributed by atoms with Crippen LogP contribution in [0, 0.1) is 10.1 Å². The Hall–Kier alpha value is -1.99. The maximum atomic E-state index is 11.0. The molecule has 0 aliphatic carbocycles. The molecule has 0 saturated carbocycles. The quantitative estimate of drug-likeness (QED) is 0.517. The monoisotopic (exact) mass is 265 g/mol. The second kappa shape index (κ2) is 5.77. The number of nitro groups is 1. The summed E-state index contributed by atoms with van der Waals surface area (Å²) in [4.78, 5) is 21.0. The van der Waals surface area contributed by atoms with Gasteiger partial charge in [0, 0.05) is 37.7 Å². The van der Waals surface area contributed by atoms with Gasteiger partial charge >= 0.3 is 0 Å². The van der Waals surface area contributed by atoms with E-state index in [1.54, 1.807) is 0 Å². The highest BCUT2D eigenvalue weighted by Crippen LogP contribution is 2.17. The average molecular weight is 265 g/mol. The summed E-state index contributed by atoms with van der Waals surface area (Å²) in [6.07, 6.45) is -0.344. The van der Waals surface area contributed by atoms with Crippen LogP contribution in [0.5, 0.6) is 0 Å². The first-order valence-electron chi connectivity index (χ1n) is 5.99. The zero-order valence-electron chi connectivity index (χ0n) is 10.2. The van der Waals surface area contributed by atoms with Crippen LogP contribution in [0.4, 0.5) is 5.69 Å². The molecule has 1 aromatic carbocycles. The van der Waals surface area contributed by atoms with Crippen LogP contribution < -0.4 is 10.6 Å². The Morgan fingerprint density at radius 1 is 1.47 bits per heavy atom. The van der Waals surface area contributed by atoms with Gasteiger partial charge in [0.1, 0.15) is 0 Å². The fourth-order valence-corrected chi connectivity index (χ4v) is 1.96. The van der Waals surface area contributed by atoms with Gasteiger partial charge in [0.25, 0.3) is 5.69 Å². The first kappa shape index (κ1) is 13.4. The molecule has 0 aromatic heterocycles. The van der Waals surface area contributed by atoms with Gasteiger partial charge in [-0.15, -0.1) is 0 Å². The molecule has 1 aromatic rings. The number of hydrogen-bond donors (Lipinski definition) is 3. The summed E-state index contributed by atoms with van der Waals surface area (Å²) in [6, 6.07) is 5.81. The fraction of sp³-hybridized carbons (Fsp3) is 0.417. The number of nitrogens with zero attached hydrogens (tertiary/aromatic N) is 1.